The molecule has 178 valence electrons. The number of halogens is 2. The molecule has 0 bridgehead atoms. The summed E-state index contributed by atoms with van der Waals surface area (Å²) in [6, 6.07) is 12.8. The number of hydrogen-bond acceptors (Lipinski definition) is 3. The van der Waals surface area contributed by atoms with Crippen molar-refractivity contribution in [1.82, 2.24) is 10.2 Å². The Kier molecular flexibility index (Phi) is 9.63. The van der Waals surface area contributed by atoms with Crippen molar-refractivity contribution in [3.05, 3.63) is 63.1 Å². The summed E-state index contributed by atoms with van der Waals surface area (Å²) in [7, 11) is 0. The number of ether oxygens (including phenoxy) is 1. The van der Waals surface area contributed by atoms with Crippen LogP contribution in [0.5, 0.6) is 5.75 Å². The van der Waals surface area contributed by atoms with E-state index in [0.717, 1.165) is 42.1 Å². The molecule has 1 aliphatic carbocycles. The van der Waals surface area contributed by atoms with E-state index in [0.29, 0.717) is 17.2 Å². The van der Waals surface area contributed by atoms with E-state index in [-0.39, 0.29) is 31.0 Å². The average Bonchev–Trinajstić information content (AvgIpc) is 3.32. The standard InChI is InChI=1S/C26H32BrClN2O3/c1-3-18-13-14-24(21(27)15-18)33-17-25(31)30(16-19-9-5-8-12-22(19)28)23(4-2)26(32)29-20-10-6-7-11-20/h5,8-9,12-15,20,23H,3-4,6-7,10-11,16-17H2,1-2H3,(H,29,32)/t23-/m0/s1. The molecule has 0 heterocycles. The van der Waals surface area contributed by atoms with Gasteiger partial charge in [-0.3, -0.25) is 9.59 Å². The van der Waals surface area contributed by atoms with Crippen LogP contribution in [0.1, 0.15) is 57.1 Å². The lowest BCUT2D eigenvalue weighted by Crippen LogP contribution is -2.52. The Labute approximate surface area is 210 Å². The zero-order valence-electron chi connectivity index (χ0n) is 19.3. The third-order valence-electron chi connectivity index (χ3n) is 6.14. The monoisotopic (exact) mass is 534 g/mol. The largest absolute Gasteiger partial charge is 0.483 e. The molecule has 2 aromatic carbocycles. The normalized spacial score (nSPS) is 14.7. The summed E-state index contributed by atoms with van der Waals surface area (Å²) < 4.78 is 6.66. The van der Waals surface area contributed by atoms with Crippen LogP contribution >= 0.6 is 27.5 Å². The summed E-state index contributed by atoms with van der Waals surface area (Å²) in [5.41, 5.74) is 1.98. The second-order valence-electron chi connectivity index (χ2n) is 8.43. The summed E-state index contributed by atoms with van der Waals surface area (Å²) in [5, 5.41) is 3.72. The summed E-state index contributed by atoms with van der Waals surface area (Å²) in [6.45, 7) is 4.09. The highest BCUT2D eigenvalue weighted by Crippen LogP contribution is 2.27. The molecule has 1 saturated carbocycles. The maximum atomic E-state index is 13.4. The van der Waals surface area contributed by atoms with Gasteiger partial charge < -0.3 is 15.0 Å². The van der Waals surface area contributed by atoms with Gasteiger partial charge in [-0.15, -0.1) is 0 Å². The van der Waals surface area contributed by atoms with Gasteiger partial charge in [-0.25, -0.2) is 0 Å². The maximum absolute atomic E-state index is 13.4. The van der Waals surface area contributed by atoms with Gasteiger partial charge in [-0.05, 0) is 70.9 Å². The van der Waals surface area contributed by atoms with Crippen molar-refractivity contribution in [2.45, 2.75) is 71.0 Å². The average molecular weight is 536 g/mol. The van der Waals surface area contributed by atoms with Crippen molar-refractivity contribution in [2.75, 3.05) is 6.61 Å². The molecule has 7 heteroatoms. The van der Waals surface area contributed by atoms with E-state index in [1.807, 2.05) is 43.3 Å². The van der Waals surface area contributed by atoms with E-state index < -0.39 is 6.04 Å². The molecule has 0 unspecified atom stereocenters. The first-order valence-corrected chi connectivity index (χ1v) is 12.8. The van der Waals surface area contributed by atoms with E-state index >= 15 is 0 Å². The first-order valence-electron chi connectivity index (χ1n) is 11.7. The lowest BCUT2D eigenvalue weighted by molar-refractivity contribution is -0.143. The van der Waals surface area contributed by atoms with Crippen LogP contribution in [0.3, 0.4) is 0 Å². The third-order valence-corrected chi connectivity index (χ3v) is 7.13. The molecule has 1 N–H and O–H groups in total. The summed E-state index contributed by atoms with van der Waals surface area (Å²) in [5.74, 6) is 0.231. The number of carbonyl (C=O) groups excluding carboxylic acids is 2. The predicted octanol–water partition coefficient (Wildman–Crippen LogP) is 5.91. The number of rotatable bonds is 10. The molecule has 1 aliphatic rings. The van der Waals surface area contributed by atoms with Crippen molar-refractivity contribution in [3.63, 3.8) is 0 Å². The van der Waals surface area contributed by atoms with Crippen LogP contribution < -0.4 is 10.1 Å². The van der Waals surface area contributed by atoms with Crippen LogP contribution in [0.25, 0.3) is 0 Å². The van der Waals surface area contributed by atoms with Gasteiger partial charge in [0.15, 0.2) is 6.61 Å². The zero-order valence-corrected chi connectivity index (χ0v) is 21.6. The van der Waals surface area contributed by atoms with Crippen LogP contribution in [0.2, 0.25) is 5.02 Å². The first kappa shape index (κ1) is 25.6. The van der Waals surface area contributed by atoms with Crippen molar-refractivity contribution < 1.29 is 14.3 Å². The Morgan fingerprint density at radius 3 is 2.55 bits per heavy atom. The third kappa shape index (κ3) is 6.97. The second-order valence-corrected chi connectivity index (χ2v) is 9.70. The smallest absolute Gasteiger partial charge is 0.261 e. The molecule has 1 fully saturated rings. The van der Waals surface area contributed by atoms with E-state index in [9.17, 15) is 9.59 Å². The fraction of sp³-hybridized carbons (Fsp3) is 0.462. The molecular weight excluding hydrogens is 504 g/mol. The predicted molar refractivity (Wildman–Crippen MR) is 135 cm³/mol. The topological polar surface area (TPSA) is 58.6 Å². The molecule has 0 aromatic heterocycles. The Balaban J connectivity index is 1.78. The molecule has 0 spiro atoms. The molecule has 0 radical (unpaired) electrons. The SMILES string of the molecule is CCc1ccc(OCC(=O)N(Cc2ccccc2Cl)[C@@H](CC)C(=O)NC2CCCC2)c(Br)c1. The van der Waals surface area contributed by atoms with E-state index in [1.54, 1.807) is 11.0 Å². The van der Waals surface area contributed by atoms with Gasteiger partial charge in [0.05, 0.1) is 4.47 Å². The number of nitrogens with zero attached hydrogens (tertiary/aromatic N) is 1. The number of aryl methyl sites for hydroxylation is 1. The molecule has 2 amide bonds. The molecule has 5 nitrogen and oxygen atoms in total. The highest BCUT2D eigenvalue weighted by atomic mass is 79.9. The number of amides is 2. The zero-order chi connectivity index (χ0) is 23.8. The summed E-state index contributed by atoms with van der Waals surface area (Å²) in [6.07, 6.45) is 5.66. The molecular formula is C26H32BrClN2O3. The highest BCUT2D eigenvalue weighted by Gasteiger charge is 2.31. The fourth-order valence-corrected chi connectivity index (χ4v) is 4.94. The van der Waals surface area contributed by atoms with Crippen molar-refractivity contribution in [1.29, 1.82) is 0 Å². The van der Waals surface area contributed by atoms with Crippen LogP contribution in [0.15, 0.2) is 46.9 Å². The first-order chi connectivity index (χ1) is 15.9. The molecule has 33 heavy (non-hydrogen) atoms. The highest BCUT2D eigenvalue weighted by molar-refractivity contribution is 9.10. The van der Waals surface area contributed by atoms with E-state index in [1.165, 1.54) is 5.56 Å². The van der Waals surface area contributed by atoms with Crippen LogP contribution in [-0.2, 0) is 22.6 Å². The maximum Gasteiger partial charge on any atom is 0.261 e. The Morgan fingerprint density at radius 1 is 1.18 bits per heavy atom. The van der Waals surface area contributed by atoms with Crippen molar-refractivity contribution in [3.8, 4) is 5.75 Å². The Morgan fingerprint density at radius 2 is 1.91 bits per heavy atom. The van der Waals surface area contributed by atoms with Crippen LogP contribution in [0, 0.1) is 0 Å². The van der Waals surface area contributed by atoms with Gasteiger partial charge in [0.2, 0.25) is 5.91 Å². The van der Waals surface area contributed by atoms with Crippen molar-refractivity contribution in [2.24, 2.45) is 0 Å². The summed E-state index contributed by atoms with van der Waals surface area (Å²) in [4.78, 5) is 28.1. The molecule has 0 saturated heterocycles. The van der Waals surface area contributed by atoms with Gasteiger partial charge in [-0.2, -0.15) is 0 Å². The fourth-order valence-electron chi connectivity index (χ4n) is 4.20. The van der Waals surface area contributed by atoms with Gasteiger partial charge in [0.25, 0.3) is 5.91 Å². The van der Waals surface area contributed by atoms with Crippen LogP contribution in [-0.4, -0.2) is 35.4 Å². The molecule has 3 rings (SSSR count). The van der Waals surface area contributed by atoms with Gasteiger partial charge >= 0.3 is 0 Å². The summed E-state index contributed by atoms with van der Waals surface area (Å²) >= 11 is 9.91. The van der Waals surface area contributed by atoms with Crippen LogP contribution in [0.4, 0.5) is 0 Å². The molecule has 2 aromatic rings. The lowest BCUT2D eigenvalue weighted by atomic mass is 10.1. The molecule has 0 aliphatic heterocycles. The Hall–Kier alpha value is -2.05. The quantitative estimate of drug-likeness (QED) is 0.411. The minimum atomic E-state index is -0.594. The minimum Gasteiger partial charge on any atom is -0.483 e. The van der Waals surface area contributed by atoms with Gasteiger partial charge in [0.1, 0.15) is 11.8 Å². The van der Waals surface area contributed by atoms with Gasteiger partial charge in [0, 0.05) is 17.6 Å². The lowest BCUT2D eigenvalue weighted by Gasteiger charge is -2.31. The van der Waals surface area contributed by atoms with Gasteiger partial charge in [-0.1, -0.05) is 62.6 Å². The number of carbonyl (C=O) groups is 2. The van der Waals surface area contributed by atoms with E-state index in [4.69, 9.17) is 16.3 Å². The minimum absolute atomic E-state index is 0.113. The number of benzene rings is 2. The van der Waals surface area contributed by atoms with Crippen molar-refractivity contribution >= 4 is 39.3 Å². The van der Waals surface area contributed by atoms with E-state index in [2.05, 4.69) is 28.2 Å². The number of hydrogen-bond donors (Lipinski definition) is 1. The molecule has 1 atom stereocenters. The Bertz CT molecular complexity index is 962. The second kappa shape index (κ2) is 12.4. The number of nitrogens with one attached hydrogen (secondary N) is 1.